The van der Waals surface area contributed by atoms with Crippen molar-refractivity contribution < 1.29 is 4.79 Å². The van der Waals surface area contributed by atoms with Crippen molar-refractivity contribution in [3.8, 4) is 0 Å². The number of amides is 1. The second-order valence-corrected chi connectivity index (χ2v) is 5.50. The molecule has 0 bridgehead atoms. The number of carbonyl (C=O) groups excluding carboxylic acids is 1. The van der Waals surface area contributed by atoms with Crippen molar-refractivity contribution in [2.75, 3.05) is 6.54 Å². The van der Waals surface area contributed by atoms with E-state index >= 15 is 0 Å². The first-order chi connectivity index (χ1) is 9.34. The van der Waals surface area contributed by atoms with Gasteiger partial charge in [-0.3, -0.25) is 4.79 Å². The molecule has 0 saturated carbocycles. The minimum absolute atomic E-state index is 0.0629. The van der Waals surface area contributed by atoms with E-state index in [4.69, 9.17) is 4.98 Å². The van der Waals surface area contributed by atoms with Gasteiger partial charge in [0.2, 0.25) is 5.91 Å². The highest BCUT2D eigenvalue weighted by Crippen LogP contribution is 2.32. The maximum Gasteiger partial charge on any atom is 0.230 e. The summed E-state index contributed by atoms with van der Waals surface area (Å²) < 4.78 is 2.28. The van der Waals surface area contributed by atoms with Crippen LogP contribution < -0.4 is 5.32 Å². The van der Waals surface area contributed by atoms with Crippen LogP contribution in [0.2, 0.25) is 0 Å². The normalized spacial score (nSPS) is 22.5. The standard InChI is InChI=1S/C15H17N3O/c19-15-11(6-2-8-16-15)14-17-12-7-1-4-10-5-3-9-18(14)13(10)12/h1,4,7,11H,2-3,5-6,8-9H2,(H,16,19). The Hall–Kier alpha value is -1.84. The molecule has 0 spiro atoms. The number of nitrogens with zero attached hydrogens (tertiary/aromatic N) is 2. The fourth-order valence-electron chi connectivity index (χ4n) is 3.42. The summed E-state index contributed by atoms with van der Waals surface area (Å²) in [5, 5.41) is 2.97. The first-order valence-corrected chi connectivity index (χ1v) is 7.10. The highest BCUT2D eigenvalue weighted by molar-refractivity contribution is 5.86. The fourth-order valence-corrected chi connectivity index (χ4v) is 3.42. The van der Waals surface area contributed by atoms with Crippen molar-refractivity contribution in [3.05, 3.63) is 29.6 Å². The highest BCUT2D eigenvalue weighted by atomic mass is 16.2. The van der Waals surface area contributed by atoms with Crippen molar-refractivity contribution in [3.63, 3.8) is 0 Å². The third-order valence-corrected chi connectivity index (χ3v) is 4.30. The number of aromatic nitrogens is 2. The summed E-state index contributed by atoms with van der Waals surface area (Å²) in [7, 11) is 0. The first-order valence-electron chi connectivity index (χ1n) is 7.10. The van der Waals surface area contributed by atoms with Crippen LogP contribution in [0.4, 0.5) is 0 Å². The summed E-state index contributed by atoms with van der Waals surface area (Å²) in [6.45, 7) is 1.80. The fraction of sp³-hybridized carbons (Fsp3) is 0.467. The molecule has 1 aromatic carbocycles. The number of rotatable bonds is 1. The molecule has 1 saturated heterocycles. The number of hydrogen-bond donors (Lipinski definition) is 1. The van der Waals surface area contributed by atoms with Crippen molar-refractivity contribution in [1.29, 1.82) is 0 Å². The molecule has 3 heterocycles. The number of benzene rings is 1. The van der Waals surface area contributed by atoms with Gasteiger partial charge < -0.3 is 9.88 Å². The number of hydrogen-bond acceptors (Lipinski definition) is 2. The van der Waals surface area contributed by atoms with Gasteiger partial charge in [0.25, 0.3) is 0 Å². The molecule has 1 unspecified atom stereocenters. The maximum atomic E-state index is 12.1. The van der Waals surface area contributed by atoms with E-state index in [1.165, 1.54) is 11.1 Å². The van der Waals surface area contributed by atoms with Crippen LogP contribution in [0.25, 0.3) is 11.0 Å². The molecule has 19 heavy (non-hydrogen) atoms. The second kappa shape index (κ2) is 4.08. The van der Waals surface area contributed by atoms with Gasteiger partial charge in [-0.25, -0.2) is 4.98 Å². The van der Waals surface area contributed by atoms with E-state index < -0.39 is 0 Å². The molecule has 98 valence electrons. The number of piperidine rings is 1. The van der Waals surface area contributed by atoms with Crippen LogP contribution in [0.3, 0.4) is 0 Å². The Bertz CT molecular complexity index is 659. The van der Waals surface area contributed by atoms with Crippen LogP contribution in [0.15, 0.2) is 18.2 Å². The monoisotopic (exact) mass is 255 g/mol. The lowest BCUT2D eigenvalue weighted by molar-refractivity contribution is -0.124. The Morgan fingerprint density at radius 2 is 2.26 bits per heavy atom. The average molecular weight is 255 g/mol. The van der Waals surface area contributed by atoms with Gasteiger partial charge in [-0.1, -0.05) is 12.1 Å². The third kappa shape index (κ3) is 1.59. The van der Waals surface area contributed by atoms with Crippen LogP contribution >= 0.6 is 0 Å². The summed E-state index contributed by atoms with van der Waals surface area (Å²) in [4.78, 5) is 16.8. The molecule has 1 N–H and O–H groups in total. The number of aryl methyl sites for hydroxylation is 2. The van der Waals surface area contributed by atoms with Gasteiger partial charge in [0.15, 0.2) is 0 Å². The van der Waals surface area contributed by atoms with Gasteiger partial charge in [0, 0.05) is 13.1 Å². The SMILES string of the molecule is O=C1NCCCC1c1nc2cccc3c2n1CCC3. The van der Waals surface area contributed by atoms with E-state index in [1.54, 1.807) is 0 Å². The van der Waals surface area contributed by atoms with Gasteiger partial charge in [-0.15, -0.1) is 0 Å². The summed E-state index contributed by atoms with van der Waals surface area (Å²) in [5.41, 5.74) is 3.67. The molecule has 4 heteroatoms. The smallest absolute Gasteiger partial charge is 0.230 e. The molecule has 2 aliphatic heterocycles. The van der Waals surface area contributed by atoms with Gasteiger partial charge in [0.05, 0.1) is 17.0 Å². The Kier molecular flexibility index (Phi) is 2.37. The zero-order chi connectivity index (χ0) is 12.8. The predicted octanol–water partition coefficient (Wildman–Crippen LogP) is 1.98. The molecule has 4 nitrogen and oxygen atoms in total. The van der Waals surface area contributed by atoms with Crippen LogP contribution in [-0.2, 0) is 17.8 Å². The molecular formula is C15H17N3O. The third-order valence-electron chi connectivity index (χ3n) is 4.30. The highest BCUT2D eigenvalue weighted by Gasteiger charge is 2.30. The van der Waals surface area contributed by atoms with E-state index in [1.807, 2.05) is 0 Å². The van der Waals surface area contributed by atoms with Gasteiger partial charge in [-0.05, 0) is 37.3 Å². The van der Waals surface area contributed by atoms with Crippen molar-refractivity contribution in [2.24, 2.45) is 0 Å². The van der Waals surface area contributed by atoms with E-state index in [2.05, 4.69) is 28.1 Å². The molecule has 1 atom stereocenters. The van der Waals surface area contributed by atoms with Crippen molar-refractivity contribution in [1.82, 2.24) is 14.9 Å². The van der Waals surface area contributed by atoms with E-state index in [-0.39, 0.29) is 11.8 Å². The largest absolute Gasteiger partial charge is 0.355 e. The predicted molar refractivity (Wildman–Crippen MR) is 73.0 cm³/mol. The van der Waals surface area contributed by atoms with Crippen LogP contribution in [-0.4, -0.2) is 22.0 Å². The molecule has 0 radical (unpaired) electrons. The minimum Gasteiger partial charge on any atom is -0.355 e. The Morgan fingerprint density at radius 1 is 1.32 bits per heavy atom. The number of carbonyl (C=O) groups is 1. The van der Waals surface area contributed by atoms with Crippen LogP contribution in [0.5, 0.6) is 0 Å². The van der Waals surface area contributed by atoms with E-state index in [9.17, 15) is 4.79 Å². The average Bonchev–Trinajstić information content (AvgIpc) is 2.81. The summed E-state index contributed by atoms with van der Waals surface area (Å²) >= 11 is 0. The topological polar surface area (TPSA) is 46.9 Å². The molecule has 4 rings (SSSR count). The lowest BCUT2D eigenvalue weighted by atomic mass is 9.97. The molecule has 1 amide bonds. The van der Waals surface area contributed by atoms with E-state index in [0.717, 1.165) is 50.1 Å². The zero-order valence-electron chi connectivity index (χ0n) is 10.9. The quantitative estimate of drug-likeness (QED) is 0.847. The van der Waals surface area contributed by atoms with Crippen LogP contribution in [0, 0.1) is 0 Å². The van der Waals surface area contributed by atoms with Crippen molar-refractivity contribution >= 4 is 16.9 Å². The summed E-state index contributed by atoms with van der Waals surface area (Å²) in [6, 6.07) is 6.32. The lowest BCUT2D eigenvalue weighted by Gasteiger charge is -2.24. The van der Waals surface area contributed by atoms with Gasteiger partial charge >= 0.3 is 0 Å². The van der Waals surface area contributed by atoms with Crippen LogP contribution in [0.1, 0.15) is 36.6 Å². The maximum absolute atomic E-state index is 12.1. The van der Waals surface area contributed by atoms with Gasteiger partial charge in [-0.2, -0.15) is 0 Å². The molecular weight excluding hydrogens is 238 g/mol. The first kappa shape index (κ1) is 11.0. The Balaban J connectivity index is 1.91. The molecule has 2 aromatic rings. The Labute approximate surface area is 111 Å². The molecule has 2 aliphatic rings. The number of nitrogens with one attached hydrogen (secondary N) is 1. The molecule has 1 fully saturated rings. The molecule has 0 aliphatic carbocycles. The summed E-state index contributed by atoms with van der Waals surface area (Å²) in [5.74, 6) is 1.05. The number of para-hydroxylation sites is 1. The van der Waals surface area contributed by atoms with E-state index in [0.29, 0.717) is 0 Å². The Morgan fingerprint density at radius 3 is 3.16 bits per heavy atom. The van der Waals surface area contributed by atoms with Gasteiger partial charge in [0.1, 0.15) is 5.82 Å². The lowest BCUT2D eigenvalue weighted by Crippen LogP contribution is -2.36. The minimum atomic E-state index is -0.0629. The summed E-state index contributed by atoms with van der Waals surface area (Å²) in [6.07, 6.45) is 4.24. The second-order valence-electron chi connectivity index (χ2n) is 5.50. The number of imidazole rings is 1. The zero-order valence-corrected chi connectivity index (χ0v) is 10.9. The van der Waals surface area contributed by atoms with Crippen molar-refractivity contribution in [2.45, 2.75) is 38.1 Å². The molecule has 1 aromatic heterocycles.